The fraction of sp³-hybridized carbons (Fsp3) is 0.174. The molecule has 0 bridgehead atoms. The normalized spacial score (nSPS) is 15.4. The largest absolute Gasteiger partial charge is 0.352 e. The summed E-state index contributed by atoms with van der Waals surface area (Å²) in [6, 6.07) is 20.6. The molecular formula is C23H21N3O2. The first-order valence-electron chi connectivity index (χ1n) is 9.29. The van der Waals surface area contributed by atoms with Crippen LogP contribution in [0.1, 0.15) is 39.6 Å². The van der Waals surface area contributed by atoms with E-state index in [1.807, 2.05) is 61.5 Å². The van der Waals surface area contributed by atoms with Crippen molar-refractivity contribution < 1.29 is 9.59 Å². The van der Waals surface area contributed by atoms with Crippen molar-refractivity contribution >= 4 is 17.5 Å². The zero-order valence-electron chi connectivity index (χ0n) is 15.6. The fourth-order valence-electron chi connectivity index (χ4n) is 3.49. The van der Waals surface area contributed by atoms with Crippen LogP contribution in [0.15, 0.2) is 72.9 Å². The van der Waals surface area contributed by atoms with E-state index in [1.165, 1.54) is 5.56 Å². The number of hydrogen-bond acceptors (Lipinski definition) is 3. The Morgan fingerprint density at radius 3 is 2.54 bits per heavy atom. The number of carbonyl (C=O) groups is 2. The van der Waals surface area contributed by atoms with Crippen LogP contribution in [0.5, 0.6) is 0 Å². The molecule has 0 fully saturated rings. The molecule has 4 rings (SSSR count). The van der Waals surface area contributed by atoms with Crippen molar-refractivity contribution in [2.75, 3.05) is 4.90 Å². The maximum atomic E-state index is 13.0. The second-order valence-corrected chi connectivity index (χ2v) is 6.93. The average Bonchev–Trinajstić information content (AvgIpc) is 3.00. The smallest absolute Gasteiger partial charge is 0.260 e. The summed E-state index contributed by atoms with van der Waals surface area (Å²) in [6.45, 7) is 2.49. The van der Waals surface area contributed by atoms with Gasteiger partial charge >= 0.3 is 0 Å². The lowest BCUT2D eigenvalue weighted by molar-refractivity contribution is -0.121. The number of fused-ring (bicyclic) bond motifs is 1. The Labute approximate surface area is 164 Å². The molecule has 2 aromatic carbocycles. The van der Waals surface area contributed by atoms with Crippen molar-refractivity contribution in [3.05, 3.63) is 95.3 Å². The van der Waals surface area contributed by atoms with Gasteiger partial charge in [0.05, 0.1) is 23.7 Å². The van der Waals surface area contributed by atoms with Crippen LogP contribution in [-0.4, -0.2) is 16.8 Å². The van der Waals surface area contributed by atoms with Crippen molar-refractivity contribution in [2.45, 2.75) is 25.9 Å². The fourth-order valence-corrected chi connectivity index (χ4v) is 3.49. The molecule has 0 aliphatic carbocycles. The van der Waals surface area contributed by atoms with E-state index in [4.69, 9.17) is 0 Å². The molecule has 0 radical (unpaired) electrons. The molecule has 2 amide bonds. The van der Waals surface area contributed by atoms with Crippen LogP contribution in [-0.2, 0) is 11.3 Å². The number of pyridine rings is 1. The van der Waals surface area contributed by atoms with Crippen LogP contribution in [0.3, 0.4) is 0 Å². The Kier molecular flexibility index (Phi) is 4.89. The molecule has 3 aromatic rings. The molecule has 5 heteroatoms. The Hall–Kier alpha value is -3.47. The predicted molar refractivity (Wildman–Crippen MR) is 108 cm³/mol. The van der Waals surface area contributed by atoms with Crippen molar-refractivity contribution in [3.8, 4) is 0 Å². The molecule has 2 heterocycles. The van der Waals surface area contributed by atoms with Gasteiger partial charge in [0.15, 0.2) is 0 Å². The van der Waals surface area contributed by atoms with Gasteiger partial charge in [-0.1, -0.05) is 48.0 Å². The Balaban J connectivity index is 1.54. The minimum atomic E-state index is -0.413. The van der Waals surface area contributed by atoms with Gasteiger partial charge in [-0.2, -0.15) is 0 Å². The monoisotopic (exact) mass is 371 g/mol. The minimum Gasteiger partial charge on any atom is -0.352 e. The number of amides is 2. The lowest BCUT2D eigenvalue weighted by Crippen LogP contribution is -2.32. The van der Waals surface area contributed by atoms with Crippen LogP contribution in [0, 0.1) is 6.92 Å². The summed E-state index contributed by atoms with van der Waals surface area (Å²) < 4.78 is 0. The first kappa shape index (κ1) is 17.9. The van der Waals surface area contributed by atoms with Gasteiger partial charge in [-0.05, 0) is 36.8 Å². The molecule has 5 nitrogen and oxygen atoms in total. The summed E-state index contributed by atoms with van der Waals surface area (Å²) in [5, 5.41) is 2.96. The van der Waals surface area contributed by atoms with Gasteiger partial charge < -0.3 is 5.32 Å². The zero-order chi connectivity index (χ0) is 19.5. The number of anilines is 1. The van der Waals surface area contributed by atoms with Gasteiger partial charge in [0.1, 0.15) is 0 Å². The average molecular weight is 371 g/mol. The third-order valence-corrected chi connectivity index (χ3v) is 4.94. The number of hydrogen-bond donors (Lipinski definition) is 1. The van der Waals surface area contributed by atoms with Gasteiger partial charge in [0.2, 0.25) is 5.91 Å². The van der Waals surface area contributed by atoms with E-state index in [1.54, 1.807) is 23.2 Å². The highest BCUT2D eigenvalue weighted by Crippen LogP contribution is 2.38. The molecule has 0 saturated carbocycles. The SMILES string of the molecule is Cc1ccc(CNC(=O)C[C@H]2c3ncccc3C(=O)N2c2ccccc2)cc1. The topological polar surface area (TPSA) is 62.3 Å². The molecule has 0 saturated heterocycles. The summed E-state index contributed by atoms with van der Waals surface area (Å²) in [6.07, 6.45) is 1.83. The van der Waals surface area contributed by atoms with E-state index in [9.17, 15) is 9.59 Å². The van der Waals surface area contributed by atoms with E-state index < -0.39 is 6.04 Å². The summed E-state index contributed by atoms with van der Waals surface area (Å²) in [4.78, 5) is 31.7. The summed E-state index contributed by atoms with van der Waals surface area (Å²) in [5.41, 5.74) is 4.20. The van der Waals surface area contributed by atoms with Crippen LogP contribution in [0.25, 0.3) is 0 Å². The van der Waals surface area contributed by atoms with E-state index in [0.29, 0.717) is 17.8 Å². The minimum absolute atomic E-state index is 0.113. The molecule has 1 aromatic heterocycles. The molecule has 1 N–H and O–H groups in total. The Morgan fingerprint density at radius 1 is 1.04 bits per heavy atom. The van der Waals surface area contributed by atoms with Gasteiger partial charge in [-0.25, -0.2) is 0 Å². The molecule has 140 valence electrons. The quantitative estimate of drug-likeness (QED) is 0.742. The molecule has 1 atom stereocenters. The summed E-state index contributed by atoms with van der Waals surface area (Å²) >= 11 is 0. The van der Waals surface area contributed by atoms with Crippen molar-refractivity contribution in [3.63, 3.8) is 0 Å². The third-order valence-electron chi connectivity index (χ3n) is 4.94. The number of para-hydroxylation sites is 1. The summed E-state index contributed by atoms with van der Waals surface area (Å²) in [5.74, 6) is -0.233. The van der Waals surface area contributed by atoms with Gasteiger partial charge in [-0.3, -0.25) is 19.5 Å². The second kappa shape index (κ2) is 7.64. The molecule has 28 heavy (non-hydrogen) atoms. The van der Waals surface area contributed by atoms with Crippen LogP contribution in [0.2, 0.25) is 0 Å². The highest BCUT2D eigenvalue weighted by Gasteiger charge is 2.39. The molecule has 1 aliphatic heterocycles. The van der Waals surface area contributed by atoms with Crippen molar-refractivity contribution in [1.82, 2.24) is 10.3 Å². The van der Waals surface area contributed by atoms with Crippen LogP contribution < -0.4 is 10.2 Å². The maximum Gasteiger partial charge on any atom is 0.260 e. The number of rotatable bonds is 5. The van der Waals surface area contributed by atoms with Gasteiger partial charge in [0.25, 0.3) is 5.91 Å². The number of benzene rings is 2. The standard InChI is InChI=1S/C23H21N3O2/c1-16-9-11-17(12-10-16)15-25-21(27)14-20-22-19(8-5-13-24-22)23(28)26(20)18-6-3-2-4-7-18/h2-13,20H,14-15H2,1H3,(H,25,27)/t20-/m0/s1. The lowest BCUT2D eigenvalue weighted by Gasteiger charge is -2.24. The highest BCUT2D eigenvalue weighted by molar-refractivity contribution is 6.11. The van der Waals surface area contributed by atoms with Gasteiger partial charge in [-0.15, -0.1) is 0 Å². The Morgan fingerprint density at radius 2 is 1.79 bits per heavy atom. The maximum absolute atomic E-state index is 13.0. The predicted octanol–water partition coefficient (Wildman–Crippen LogP) is 3.80. The van der Waals surface area contributed by atoms with Crippen molar-refractivity contribution in [1.29, 1.82) is 0 Å². The first-order chi connectivity index (χ1) is 13.6. The van der Waals surface area contributed by atoms with Crippen molar-refractivity contribution in [2.24, 2.45) is 0 Å². The molecule has 0 spiro atoms. The van der Waals surface area contributed by atoms with E-state index >= 15 is 0 Å². The van der Waals surface area contributed by atoms with Crippen LogP contribution in [0.4, 0.5) is 5.69 Å². The number of aryl methyl sites for hydroxylation is 1. The summed E-state index contributed by atoms with van der Waals surface area (Å²) in [7, 11) is 0. The first-order valence-corrected chi connectivity index (χ1v) is 9.29. The van der Waals surface area contributed by atoms with Crippen LogP contribution >= 0.6 is 0 Å². The number of carbonyl (C=O) groups excluding carboxylic acids is 2. The Bertz CT molecular complexity index is 1000. The molecular weight excluding hydrogens is 350 g/mol. The van der Waals surface area contributed by atoms with E-state index in [0.717, 1.165) is 11.3 Å². The van der Waals surface area contributed by atoms with E-state index in [-0.39, 0.29) is 18.2 Å². The number of nitrogens with one attached hydrogen (secondary N) is 1. The third kappa shape index (κ3) is 3.51. The van der Waals surface area contributed by atoms with E-state index in [2.05, 4.69) is 10.3 Å². The highest BCUT2D eigenvalue weighted by atomic mass is 16.2. The van der Waals surface area contributed by atoms with Gasteiger partial charge in [0, 0.05) is 18.4 Å². The molecule has 1 aliphatic rings. The zero-order valence-corrected chi connectivity index (χ0v) is 15.6. The lowest BCUT2D eigenvalue weighted by atomic mass is 10.1. The second-order valence-electron chi connectivity index (χ2n) is 6.93. The number of nitrogens with zero attached hydrogens (tertiary/aromatic N) is 2. The number of aromatic nitrogens is 1. The molecule has 0 unspecified atom stereocenters.